The molecule has 0 aromatic carbocycles. The summed E-state index contributed by atoms with van der Waals surface area (Å²) in [5.74, 6) is 0. The molecule has 0 aliphatic rings. The van der Waals surface area contributed by atoms with Crippen LogP contribution in [0.4, 0.5) is 4.79 Å². The summed E-state index contributed by atoms with van der Waals surface area (Å²) in [4.78, 5) is 9.50. The lowest BCUT2D eigenvalue weighted by Gasteiger charge is -1.81. The minimum absolute atomic E-state index is 0.440. The van der Waals surface area contributed by atoms with E-state index in [1.165, 1.54) is 7.11 Å². The minimum Gasteiger partial charge on any atom is -0.474 e. The topological polar surface area (TPSA) is 26.3 Å². The third kappa shape index (κ3) is 3.69. The largest absolute Gasteiger partial charge is 0.474 e. The SMILES string of the molecule is COC(=O)[Si]. The fourth-order valence-corrected chi connectivity index (χ4v) is 0. The van der Waals surface area contributed by atoms with Gasteiger partial charge in [-0.25, -0.2) is 0 Å². The third-order valence-electron chi connectivity index (χ3n) is 0.185. The predicted octanol–water partition coefficient (Wildman–Crippen LogP) is -0.0787. The van der Waals surface area contributed by atoms with Crippen LogP contribution < -0.4 is 0 Å². The first-order valence-electron chi connectivity index (χ1n) is 1.07. The van der Waals surface area contributed by atoms with E-state index in [9.17, 15) is 4.79 Å². The first kappa shape index (κ1) is 4.69. The number of hydrogen-bond acceptors (Lipinski definition) is 2. The fourth-order valence-electron chi connectivity index (χ4n) is 0. The molecule has 0 heterocycles. The van der Waals surface area contributed by atoms with Crippen molar-refractivity contribution in [3.63, 3.8) is 0 Å². The molecule has 0 unspecified atom stereocenters. The lowest BCUT2D eigenvalue weighted by atomic mass is 11.5. The maximum atomic E-state index is 9.50. The zero-order valence-corrected chi connectivity index (χ0v) is 3.82. The van der Waals surface area contributed by atoms with Crippen LogP contribution in [-0.4, -0.2) is 22.9 Å². The standard InChI is InChI=1S/C2H3O2Si/c1-4-2(3)5/h1H3. The second kappa shape index (κ2) is 1.96. The summed E-state index contributed by atoms with van der Waals surface area (Å²) in [6.45, 7) is 0. The number of rotatable bonds is 0. The van der Waals surface area contributed by atoms with Gasteiger partial charge in [-0.3, -0.25) is 4.79 Å². The Morgan fingerprint density at radius 1 is 2.00 bits per heavy atom. The monoisotopic (exact) mass is 87.0 g/mol. The first-order valence-corrected chi connectivity index (χ1v) is 1.57. The second-order valence-corrected chi connectivity index (χ2v) is 0.900. The van der Waals surface area contributed by atoms with Gasteiger partial charge in [0.15, 0.2) is 10.2 Å². The number of carbonyl (C=O) groups is 1. The van der Waals surface area contributed by atoms with E-state index in [1.807, 2.05) is 0 Å². The lowest BCUT2D eigenvalue weighted by molar-refractivity contribution is 0.198. The fraction of sp³-hybridized carbons (Fsp3) is 0.500. The van der Waals surface area contributed by atoms with Gasteiger partial charge in [0, 0.05) is 0 Å². The Labute approximate surface area is 33.6 Å². The summed E-state index contributed by atoms with van der Waals surface area (Å²) in [6, 6.07) is 0. The van der Waals surface area contributed by atoms with Crippen LogP contribution in [0.15, 0.2) is 0 Å². The number of hydrogen-bond donors (Lipinski definition) is 0. The molecule has 0 saturated carbocycles. The van der Waals surface area contributed by atoms with E-state index in [0.717, 1.165) is 0 Å². The van der Waals surface area contributed by atoms with Gasteiger partial charge >= 0.3 is 0 Å². The normalized spacial score (nSPS) is 6.80. The van der Waals surface area contributed by atoms with Crippen LogP contribution in [0.5, 0.6) is 0 Å². The molecule has 3 radical (unpaired) electrons. The van der Waals surface area contributed by atoms with E-state index < -0.39 is 5.59 Å². The average molecular weight is 87.1 g/mol. The van der Waals surface area contributed by atoms with E-state index in [4.69, 9.17) is 0 Å². The molecule has 0 aromatic rings. The first-order chi connectivity index (χ1) is 2.27. The molecule has 5 heavy (non-hydrogen) atoms. The van der Waals surface area contributed by atoms with Crippen LogP contribution in [0, 0.1) is 0 Å². The number of methoxy groups -OCH3 is 1. The molecule has 3 heteroatoms. The summed E-state index contributed by atoms with van der Waals surface area (Å²) in [6.07, 6.45) is 0. The third-order valence-corrected chi connectivity index (χ3v) is 0.390. The van der Waals surface area contributed by atoms with Gasteiger partial charge < -0.3 is 4.74 Å². The van der Waals surface area contributed by atoms with Crippen LogP contribution in [0.25, 0.3) is 0 Å². The highest BCUT2D eigenvalue weighted by atomic mass is 28.1. The molecule has 0 aliphatic heterocycles. The molecule has 0 atom stereocenters. The predicted molar refractivity (Wildman–Crippen MR) is 18.2 cm³/mol. The van der Waals surface area contributed by atoms with Gasteiger partial charge in [-0.1, -0.05) is 0 Å². The van der Waals surface area contributed by atoms with Crippen LogP contribution in [0.3, 0.4) is 0 Å². The van der Waals surface area contributed by atoms with Crippen LogP contribution in [-0.2, 0) is 4.74 Å². The van der Waals surface area contributed by atoms with Crippen molar-refractivity contribution in [2.75, 3.05) is 7.11 Å². The highest BCUT2D eigenvalue weighted by Crippen LogP contribution is 1.59. The van der Waals surface area contributed by atoms with Crippen molar-refractivity contribution in [2.24, 2.45) is 0 Å². The van der Waals surface area contributed by atoms with Crippen LogP contribution in [0.2, 0.25) is 0 Å². The molecular formula is C2H3O2Si. The maximum Gasteiger partial charge on any atom is 0.264 e. The Bertz CT molecular complexity index is 42.9. The molecule has 0 spiro atoms. The van der Waals surface area contributed by atoms with Gasteiger partial charge in [0.1, 0.15) is 0 Å². The summed E-state index contributed by atoms with van der Waals surface area (Å²) >= 11 is 0. The molecule has 0 aromatic heterocycles. The number of ether oxygens (including phenoxy) is 1. The van der Waals surface area contributed by atoms with E-state index in [1.54, 1.807) is 0 Å². The van der Waals surface area contributed by atoms with Crippen molar-refractivity contribution < 1.29 is 9.53 Å². The van der Waals surface area contributed by atoms with Crippen molar-refractivity contribution in [1.29, 1.82) is 0 Å². The van der Waals surface area contributed by atoms with E-state index in [0.29, 0.717) is 0 Å². The van der Waals surface area contributed by atoms with Crippen molar-refractivity contribution >= 4 is 15.8 Å². The van der Waals surface area contributed by atoms with Crippen LogP contribution >= 0.6 is 0 Å². The molecule has 2 nitrogen and oxygen atoms in total. The zero-order chi connectivity index (χ0) is 4.28. The molecule has 27 valence electrons. The number of carbonyl (C=O) groups excluding carboxylic acids is 1. The molecule has 0 N–H and O–H groups in total. The Kier molecular flexibility index (Phi) is 1.84. The highest BCUT2D eigenvalue weighted by Gasteiger charge is 1.76. The van der Waals surface area contributed by atoms with Gasteiger partial charge in [-0.2, -0.15) is 0 Å². The van der Waals surface area contributed by atoms with Gasteiger partial charge in [0.2, 0.25) is 0 Å². The zero-order valence-electron chi connectivity index (χ0n) is 2.82. The van der Waals surface area contributed by atoms with Crippen molar-refractivity contribution in [1.82, 2.24) is 0 Å². The van der Waals surface area contributed by atoms with E-state index in [-0.39, 0.29) is 0 Å². The summed E-state index contributed by atoms with van der Waals surface area (Å²) in [5, 5.41) is 0. The maximum absolute atomic E-state index is 9.50. The minimum atomic E-state index is -0.440. The second-order valence-electron chi connectivity index (χ2n) is 0.492. The lowest BCUT2D eigenvalue weighted by Crippen LogP contribution is -1.92. The summed E-state index contributed by atoms with van der Waals surface area (Å²) < 4.78 is 4.02. The highest BCUT2D eigenvalue weighted by molar-refractivity contribution is 6.55. The molecule has 0 bridgehead atoms. The molecule has 0 fully saturated rings. The smallest absolute Gasteiger partial charge is 0.264 e. The summed E-state index contributed by atoms with van der Waals surface area (Å²) in [7, 11) is 3.86. The molecule has 0 amide bonds. The molecular weight excluding hydrogens is 84.1 g/mol. The Hall–Kier alpha value is -0.313. The molecule has 0 saturated heterocycles. The average Bonchev–Trinajstić information content (AvgIpc) is 1.38. The van der Waals surface area contributed by atoms with Gasteiger partial charge in [-0.05, 0) is 0 Å². The van der Waals surface area contributed by atoms with Crippen molar-refractivity contribution in [3.8, 4) is 0 Å². The molecule has 0 aliphatic carbocycles. The Morgan fingerprint density at radius 3 is 2.20 bits per heavy atom. The van der Waals surface area contributed by atoms with E-state index >= 15 is 0 Å². The van der Waals surface area contributed by atoms with Gasteiger partial charge in [0.25, 0.3) is 5.59 Å². The summed E-state index contributed by atoms with van der Waals surface area (Å²) in [5.41, 5.74) is -0.440. The quantitative estimate of drug-likeness (QED) is 0.386. The van der Waals surface area contributed by atoms with Crippen LogP contribution in [0.1, 0.15) is 0 Å². The van der Waals surface area contributed by atoms with Gasteiger partial charge in [-0.15, -0.1) is 0 Å². The molecule has 0 rings (SSSR count). The van der Waals surface area contributed by atoms with Gasteiger partial charge in [0.05, 0.1) is 7.11 Å². The van der Waals surface area contributed by atoms with E-state index in [2.05, 4.69) is 15.0 Å². The van der Waals surface area contributed by atoms with Crippen molar-refractivity contribution in [2.45, 2.75) is 0 Å². The van der Waals surface area contributed by atoms with Crippen molar-refractivity contribution in [3.05, 3.63) is 0 Å². The Balaban J connectivity index is 2.85. The Morgan fingerprint density at radius 2 is 2.20 bits per heavy atom.